The van der Waals surface area contributed by atoms with Crippen LogP contribution in [-0.2, 0) is 0 Å². The number of thiocarbonyl (C=S) groups is 1. The molecule has 1 aromatic rings. The normalized spacial score (nSPS) is 32.7. The fourth-order valence-corrected chi connectivity index (χ4v) is 3.69. The molecule has 2 aliphatic rings. The first-order chi connectivity index (χ1) is 10.5. The summed E-state index contributed by atoms with van der Waals surface area (Å²) in [5.74, 6) is 7.71. The molecule has 3 atom stereocenters. The lowest BCUT2D eigenvalue weighted by Crippen LogP contribution is -2.49. The minimum absolute atomic E-state index is 0.132. The van der Waals surface area contributed by atoms with Crippen LogP contribution in [0.2, 0.25) is 0 Å². The van der Waals surface area contributed by atoms with E-state index in [1.165, 1.54) is 17.3 Å². The highest BCUT2D eigenvalue weighted by Gasteiger charge is 2.89. The van der Waals surface area contributed by atoms with Crippen LogP contribution < -0.4 is 11.6 Å². The van der Waals surface area contributed by atoms with Crippen molar-refractivity contribution in [1.29, 1.82) is 0 Å². The number of aliphatic imine (C=N–C) groups is 1. The zero-order chi connectivity index (χ0) is 16.0. The van der Waals surface area contributed by atoms with Crippen LogP contribution in [0.4, 0.5) is 0 Å². The van der Waals surface area contributed by atoms with Crippen molar-refractivity contribution in [3.8, 4) is 5.75 Å². The number of guanidine groups is 1. The first-order valence-electron chi connectivity index (χ1n) is 6.89. The Bertz CT molecular complexity index is 693. The first-order valence-corrected chi connectivity index (χ1v) is 8.35. The van der Waals surface area contributed by atoms with E-state index in [9.17, 15) is 5.11 Å². The lowest BCUT2D eigenvalue weighted by molar-refractivity contribution is -1.19. The number of thioether (sulfide) groups is 1. The molecule has 3 rings (SSSR count). The standard InChI is InChI=1S/C13H17N6OS2/c1-2-7-22-13-16-12(14)19(17-13)11(18(19,15)8-21)9-5-3-4-6-10(9)20/h3-6,8,11H,2,7,15H2,1H3,(H2-,14,16,17,20)/q+1/p+1. The van der Waals surface area contributed by atoms with E-state index in [2.05, 4.69) is 17.0 Å². The Hall–Kier alpha value is -1.52. The highest BCUT2D eigenvalue weighted by molar-refractivity contribution is 8.13. The summed E-state index contributed by atoms with van der Waals surface area (Å²) in [5, 5.41) is 15.3. The van der Waals surface area contributed by atoms with Gasteiger partial charge in [-0.3, -0.25) is 0 Å². The van der Waals surface area contributed by atoms with Gasteiger partial charge in [-0.05, 0) is 30.8 Å². The summed E-state index contributed by atoms with van der Waals surface area (Å²) >= 11 is 6.63. The maximum absolute atomic E-state index is 10.1. The number of quaternary nitrogens is 2. The van der Waals surface area contributed by atoms with E-state index in [4.69, 9.17) is 23.8 Å². The van der Waals surface area contributed by atoms with Crippen LogP contribution in [0, 0.1) is 0 Å². The molecule has 0 amide bonds. The van der Waals surface area contributed by atoms with Gasteiger partial charge in [0.25, 0.3) is 5.17 Å². The summed E-state index contributed by atoms with van der Waals surface area (Å²) in [4.78, 5) is 4.33. The van der Waals surface area contributed by atoms with Crippen LogP contribution in [0.15, 0.2) is 34.4 Å². The summed E-state index contributed by atoms with van der Waals surface area (Å²) < 4.78 is -0.342. The number of phenols is 1. The zero-order valence-electron chi connectivity index (χ0n) is 12.1. The van der Waals surface area contributed by atoms with E-state index >= 15 is 0 Å². The number of aromatic hydroxyl groups is 1. The molecule has 0 radical (unpaired) electrons. The van der Waals surface area contributed by atoms with Crippen molar-refractivity contribution in [2.45, 2.75) is 19.5 Å². The number of nitrogens with zero attached hydrogens (tertiary/aromatic N) is 4. The summed E-state index contributed by atoms with van der Waals surface area (Å²) in [6, 6.07) is 6.99. The molecule has 3 unspecified atom stereocenters. The van der Waals surface area contributed by atoms with E-state index in [1.807, 2.05) is 6.07 Å². The molecule has 7 nitrogen and oxygen atoms in total. The van der Waals surface area contributed by atoms with Gasteiger partial charge < -0.3 is 10.8 Å². The Morgan fingerprint density at radius 3 is 2.82 bits per heavy atom. The molecule has 1 aromatic carbocycles. The number of rotatable bonds is 4. The summed E-state index contributed by atoms with van der Waals surface area (Å²) in [6.45, 7) is 2.09. The Morgan fingerprint density at radius 1 is 1.45 bits per heavy atom. The minimum Gasteiger partial charge on any atom is -0.507 e. The molecule has 2 aliphatic heterocycles. The molecule has 0 bridgehead atoms. The van der Waals surface area contributed by atoms with Gasteiger partial charge in [-0.1, -0.05) is 30.8 Å². The second-order valence-electron chi connectivity index (χ2n) is 5.18. The molecular formula is C13H18N6OS2+2. The average molecular weight is 338 g/mol. The van der Waals surface area contributed by atoms with E-state index in [0.717, 1.165) is 12.2 Å². The van der Waals surface area contributed by atoms with Crippen molar-refractivity contribution >= 4 is 40.6 Å². The molecule has 0 saturated carbocycles. The van der Waals surface area contributed by atoms with Crippen LogP contribution in [0.3, 0.4) is 0 Å². The largest absolute Gasteiger partial charge is 0.507 e. The van der Waals surface area contributed by atoms with Crippen molar-refractivity contribution in [1.82, 2.24) is 0 Å². The minimum atomic E-state index is -0.415. The van der Waals surface area contributed by atoms with Gasteiger partial charge >= 0.3 is 12.1 Å². The molecule has 1 fully saturated rings. The van der Waals surface area contributed by atoms with Gasteiger partial charge in [0.15, 0.2) is 0 Å². The maximum Gasteiger partial charge on any atom is 0.394 e. The maximum atomic E-state index is 10.1. The van der Waals surface area contributed by atoms with Crippen molar-refractivity contribution < 1.29 is 14.5 Å². The SMILES string of the molecule is CCCSC1=N[N+]2(C(N)=N1)C(c1ccccc1O)[N+]2(N)C=S. The molecule has 0 aromatic heterocycles. The van der Waals surface area contributed by atoms with Crippen molar-refractivity contribution in [3.63, 3.8) is 0 Å². The zero-order valence-corrected chi connectivity index (χ0v) is 13.7. The number of para-hydroxylation sites is 1. The number of amidine groups is 1. The van der Waals surface area contributed by atoms with Crippen LogP contribution in [-0.4, -0.2) is 36.9 Å². The Labute approximate surface area is 138 Å². The van der Waals surface area contributed by atoms with Crippen LogP contribution in [0.1, 0.15) is 25.1 Å². The third kappa shape index (κ3) is 1.90. The highest BCUT2D eigenvalue weighted by Crippen LogP contribution is 2.58. The van der Waals surface area contributed by atoms with E-state index in [1.54, 1.807) is 18.2 Å². The molecule has 5 N–H and O–H groups in total. The lowest BCUT2D eigenvalue weighted by atomic mass is 10.2. The molecule has 22 heavy (non-hydrogen) atoms. The van der Waals surface area contributed by atoms with E-state index in [-0.39, 0.29) is 21.1 Å². The van der Waals surface area contributed by atoms with Gasteiger partial charge in [0.05, 0.1) is 0 Å². The fraction of sp³-hybridized carbons (Fsp3) is 0.308. The fourth-order valence-electron chi connectivity index (χ4n) is 2.71. The highest BCUT2D eigenvalue weighted by atomic mass is 32.2. The number of hydrogen-bond acceptors (Lipinski definition) is 7. The van der Waals surface area contributed by atoms with Crippen molar-refractivity contribution in [2.24, 2.45) is 21.7 Å². The predicted molar refractivity (Wildman–Crippen MR) is 91.0 cm³/mol. The Kier molecular flexibility index (Phi) is 3.69. The van der Waals surface area contributed by atoms with Gasteiger partial charge in [0.2, 0.25) is 5.49 Å². The number of phenolic OH excluding ortho intramolecular Hbond substituents is 1. The molecule has 116 valence electrons. The van der Waals surface area contributed by atoms with Gasteiger partial charge in [0, 0.05) is 15.6 Å². The second-order valence-corrected chi connectivity index (χ2v) is 6.45. The lowest BCUT2D eigenvalue weighted by Gasteiger charge is -2.02. The molecule has 1 spiro atoms. The van der Waals surface area contributed by atoms with Crippen molar-refractivity contribution in [2.75, 3.05) is 5.75 Å². The molecule has 9 heteroatoms. The molecule has 2 heterocycles. The second kappa shape index (κ2) is 5.28. The Balaban J connectivity index is 2.04. The number of benzene rings is 1. The number of hydrogen-bond donors (Lipinski definition) is 3. The van der Waals surface area contributed by atoms with E-state index < -0.39 is 6.17 Å². The van der Waals surface area contributed by atoms with Crippen LogP contribution in [0.25, 0.3) is 0 Å². The summed E-state index contributed by atoms with van der Waals surface area (Å²) in [6.07, 6.45) is 0.597. The predicted octanol–water partition coefficient (Wildman–Crippen LogP) is 1.53. The third-order valence-corrected chi connectivity index (χ3v) is 5.19. The topological polar surface area (TPSA) is 97.0 Å². The van der Waals surface area contributed by atoms with Crippen LogP contribution >= 0.6 is 24.0 Å². The Morgan fingerprint density at radius 2 is 2.18 bits per heavy atom. The summed E-state index contributed by atoms with van der Waals surface area (Å²) in [5.41, 5.74) is 8.18. The average Bonchev–Trinajstić information content (AvgIpc) is 2.87. The summed E-state index contributed by atoms with van der Waals surface area (Å²) in [7, 11) is 0. The van der Waals surface area contributed by atoms with Gasteiger partial charge in [-0.15, -0.1) is 10.8 Å². The molecule has 0 aliphatic carbocycles. The van der Waals surface area contributed by atoms with Crippen LogP contribution in [0.5, 0.6) is 5.75 Å². The van der Waals surface area contributed by atoms with E-state index in [0.29, 0.717) is 10.7 Å². The molecular weight excluding hydrogens is 320 g/mol. The smallest absolute Gasteiger partial charge is 0.394 e. The quantitative estimate of drug-likeness (QED) is 0.335. The van der Waals surface area contributed by atoms with Gasteiger partial charge in [0.1, 0.15) is 16.0 Å². The first kappa shape index (κ1) is 15.4. The monoisotopic (exact) mass is 338 g/mol. The van der Waals surface area contributed by atoms with Crippen molar-refractivity contribution in [3.05, 3.63) is 29.8 Å². The van der Waals surface area contributed by atoms with Gasteiger partial charge in [-0.2, -0.15) is 0 Å². The third-order valence-electron chi connectivity index (χ3n) is 3.81. The molecule has 1 saturated heterocycles. The number of nitrogens with two attached hydrogens (primary N) is 2. The van der Waals surface area contributed by atoms with Gasteiger partial charge in [-0.25, -0.2) is 0 Å².